The number of carbonyl (C=O) groups is 1. The monoisotopic (exact) mass is 235 g/mol. The van der Waals surface area contributed by atoms with Crippen LogP contribution in [0.3, 0.4) is 0 Å². The van der Waals surface area contributed by atoms with Crippen LogP contribution in [0.5, 0.6) is 0 Å². The van der Waals surface area contributed by atoms with Gasteiger partial charge in [-0.3, -0.25) is 4.79 Å². The number of sulfone groups is 1. The summed E-state index contributed by atoms with van der Waals surface area (Å²) in [5.41, 5.74) is -0.627. The van der Waals surface area contributed by atoms with Crippen molar-refractivity contribution in [2.45, 2.75) is 39.7 Å². The molecule has 0 aromatic rings. The third kappa shape index (κ3) is 5.28. The van der Waals surface area contributed by atoms with Gasteiger partial charge in [0.1, 0.15) is 9.84 Å². The molecule has 0 aliphatic rings. The van der Waals surface area contributed by atoms with Crippen LogP contribution in [0.2, 0.25) is 0 Å². The number of hydrogen-bond acceptors (Lipinski definition) is 4. The largest absolute Gasteiger partial charge is 0.306 e. The van der Waals surface area contributed by atoms with E-state index in [4.69, 9.17) is 0 Å². The number of ketones is 1. The van der Waals surface area contributed by atoms with E-state index in [0.29, 0.717) is 6.54 Å². The summed E-state index contributed by atoms with van der Waals surface area (Å²) in [6.45, 7) is 7.75. The quantitative estimate of drug-likeness (QED) is 0.708. The first kappa shape index (κ1) is 14.6. The number of carbonyl (C=O) groups excluding carboxylic acids is 1. The lowest BCUT2D eigenvalue weighted by Gasteiger charge is -2.23. The van der Waals surface area contributed by atoms with Gasteiger partial charge in [0.15, 0.2) is 5.78 Å². The highest BCUT2D eigenvalue weighted by Crippen LogP contribution is 2.08. The highest BCUT2D eigenvalue weighted by Gasteiger charge is 2.26. The van der Waals surface area contributed by atoms with Crippen LogP contribution in [0.4, 0.5) is 0 Å². The average molecular weight is 235 g/mol. The Bertz CT molecular complexity index is 307. The Hall–Kier alpha value is -0.420. The van der Waals surface area contributed by atoms with Gasteiger partial charge in [0.25, 0.3) is 0 Å². The van der Waals surface area contributed by atoms with E-state index in [1.54, 1.807) is 20.8 Å². The second-order valence-electron chi connectivity index (χ2n) is 4.06. The van der Waals surface area contributed by atoms with E-state index in [9.17, 15) is 13.2 Å². The molecule has 0 saturated heterocycles. The van der Waals surface area contributed by atoms with E-state index < -0.39 is 15.4 Å². The Morgan fingerprint density at radius 1 is 1.27 bits per heavy atom. The minimum atomic E-state index is -3.04. The molecule has 4 nitrogen and oxygen atoms in total. The molecule has 1 N–H and O–H groups in total. The SMILES string of the molecule is CCNC(C)(C)C(=O)CCS(=O)(=O)CC. The van der Waals surface area contributed by atoms with Crippen molar-refractivity contribution in [3.8, 4) is 0 Å². The van der Waals surface area contributed by atoms with Crippen molar-refractivity contribution in [3.63, 3.8) is 0 Å². The van der Waals surface area contributed by atoms with E-state index >= 15 is 0 Å². The van der Waals surface area contributed by atoms with Crippen LogP contribution >= 0.6 is 0 Å². The van der Waals surface area contributed by atoms with E-state index in [1.165, 1.54) is 0 Å². The van der Waals surface area contributed by atoms with Crippen LogP contribution in [0.15, 0.2) is 0 Å². The second kappa shape index (κ2) is 5.61. The first-order valence-corrected chi connectivity index (χ1v) is 7.06. The maximum absolute atomic E-state index is 11.7. The molecule has 0 bridgehead atoms. The minimum Gasteiger partial charge on any atom is -0.306 e. The fourth-order valence-corrected chi connectivity index (χ4v) is 2.03. The summed E-state index contributed by atoms with van der Waals surface area (Å²) < 4.78 is 22.4. The van der Waals surface area contributed by atoms with Gasteiger partial charge >= 0.3 is 0 Å². The molecule has 0 aliphatic carbocycles. The van der Waals surface area contributed by atoms with Gasteiger partial charge in [0.05, 0.1) is 11.3 Å². The van der Waals surface area contributed by atoms with E-state index in [-0.39, 0.29) is 23.7 Å². The van der Waals surface area contributed by atoms with Crippen molar-refractivity contribution >= 4 is 15.6 Å². The number of likely N-dealkylation sites (N-methyl/N-ethyl adjacent to an activating group) is 1. The zero-order valence-electron chi connectivity index (χ0n) is 9.96. The van der Waals surface area contributed by atoms with Crippen LogP contribution in [0, 0.1) is 0 Å². The first-order chi connectivity index (χ1) is 6.75. The number of nitrogens with one attached hydrogen (secondary N) is 1. The van der Waals surface area contributed by atoms with Crippen molar-refractivity contribution in [1.29, 1.82) is 0 Å². The summed E-state index contributed by atoms with van der Waals surface area (Å²) >= 11 is 0. The van der Waals surface area contributed by atoms with Gasteiger partial charge in [-0.15, -0.1) is 0 Å². The molecule has 0 aliphatic heterocycles. The Kier molecular flexibility index (Phi) is 5.45. The Balaban J connectivity index is 4.27. The zero-order valence-corrected chi connectivity index (χ0v) is 10.8. The lowest BCUT2D eigenvalue weighted by molar-refractivity contribution is -0.123. The molecule has 0 fully saturated rings. The third-order valence-electron chi connectivity index (χ3n) is 2.40. The molecule has 0 radical (unpaired) electrons. The van der Waals surface area contributed by atoms with Crippen molar-refractivity contribution in [2.24, 2.45) is 0 Å². The van der Waals surface area contributed by atoms with Gasteiger partial charge in [0, 0.05) is 12.2 Å². The van der Waals surface area contributed by atoms with Gasteiger partial charge in [0.2, 0.25) is 0 Å². The standard InChI is InChI=1S/C10H21NO3S/c1-5-11-10(3,4)9(12)7-8-15(13,14)6-2/h11H,5-8H2,1-4H3. The summed E-state index contributed by atoms with van der Waals surface area (Å²) in [6.07, 6.45) is 0.0934. The molecule has 0 spiro atoms. The maximum atomic E-state index is 11.7. The average Bonchev–Trinajstić information content (AvgIpc) is 2.14. The molecular formula is C10H21NO3S. The molecule has 0 aromatic carbocycles. The molecular weight excluding hydrogens is 214 g/mol. The van der Waals surface area contributed by atoms with E-state index in [0.717, 1.165) is 0 Å². The minimum absolute atomic E-state index is 0.0445. The Labute approximate surface area is 92.4 Å². The maximum Gasteiger partial charge on any atom is 0.153 e. The molecule has 0 aromatic heterocycles. The molecule has 0 atom stereocenters. The normalized spacial score (nSPS) is 12.8. The van der Waals surface area contributed by atoms with Gasteiger partial charge in [-0.1, -0.05) is 13.8 Å². The smallest absolute Gasteiger partial charge is 0.153 e. The molecule has 0 amide bonds. The zero-order chi connectivity index (χ0) is 12.1. The predicted octanol–water partition coefficient (Wildman–Crippen LogP) is 0.768. The van der Waals surface area contributed by atoms with Gasteiger partial charge in [-0.2, -0.15) is 0 Å². The van der Waals surface area contributed by atoms with E-state index in [1.807, 2.05) is 6.92 Å². The van der Waals surface area contributed by atoms with Crippen molar-refractivity contribution in [1.82, 2.24) is 5.32 Å². The summed E-state index contributed by atoms with van der Waals surface area (Å²) in [5, 5.41) is 3.03. The predicted molar refractivity (Wildman–Crippen MR) is 61.7 cm³/mol. The number of rotatable bonds is 7. The lowest BCUT2D eigenvalue weighted by Crippen LogP contribution is -2.47. The van der Waals surface area contributed by atoms with Crippen LogP contribution in [-0.4, -0.2) is 37.8 Å². The van der Waals surface area contributed by atoms with Gasteiger partial charge < -0.3 is 5.32 Å². The Morgan fingerprint density at radius 2 is 1.80 bits per heavy atom. The first-order valence-electron chi connectivity index (χ1n) is 5.24. The summed E-state index contributed by atoms with van der Waals surface area (Å²) in [4.78, 5) is 11.7. The fourth-order valence-electron chi connectivity index (χ4n) is 1.25. The number of Topliss-reactive ketones (excluding diaryl/α,β-unsaturated/α-hetero) is 1. The van der Waals surface area contributed by atoms with Crippen LogP contribution in [-0.2, 0) is 14.6 Å². The fraction of sp³-hybridized carbons (Fsp3) is 0.900. The second-order valence-corrected chi connectivity index (χ2v) is 6.54. The summed E-state index contributed by atoms with van der Waals surface area (Å²) in [5.74, 6) is 0.000353. The molecule has 90 valence electrons. The molecule has 0 saturated carbocycles. The van der Waals surface area contributed by atoms with E-state index in [2.05, 4.69) is 5.32 Å². The highest BCUT2D eigenvalue weighted by molar-refractivity contribution is 7.91. The number of hydrogen-bond donors (Lipinski definition) is 1. The molecule has 0 unspecified atom stereocenters. The van der Waals surface area contributed by atoms with Crippen molar-refractivity contribution in [2.75, 3.05) is 18.1 Å². The van der Waals surface area contributed by atoms with Crippen LogP contribution in [0.1, 0.15) is 34.1 Å². The molecule has 0 rings (SSSR count). The summed E-state index contributed by atoms with van der Waals surface area (Å²) in [6, 6.07) is 0. The molecule has 0 heterocycles. The summed E-state index contributed by atoms with van der Waals surface area (Å²) in [7, 11) is -3.04. The van der Waals surface area contributed by atoms with Crippen molar-refractivity contribution in [3.05, 3.63) is 0 Å². The lowest BCUT2D eigenvalue weighted by atomic mass is 9.97. The van der Waals surface area contributed by atoms with Crippen LogP contribution in [0.25, 0.3) is 0 Å². The van der Waals surface area contributed by atoms with Crippen LogP contribution < -0.4 is 5.32 Å². The molecule has 15 heavy (non-hydrogen) atoms. The Morgan fingerprint density at radius 3 is 2.20 bits per heavy atom. The topological polar surface area (TPSA) is 63.2 Å². The third-order valence-corrected chi connectivity index (χ3v) is 4.10. The highest BCUT2D eigenvalue weighted by atomic mass is 32.2. The van der Waals surface area contributed by atoms with Gasteiger partial charge in [-0.25, -0.2) is 8.42 Å². The van der Waals surface area contributed by atoms with Gasteiger partial charge in [-0.05, 0) is 20.4 Å². The molecule has 5 heteroatoms. The van der Waals surface area contributed by atoms with Crippen molar-refractivity contribution < 1.29 is 13.2 Å².